The lowest BCUT2D eigenvalue weighted by atomic mass is 9.87. The Labute approximate surface area is 122 Å². The molecule has 114 valence electrons. The molecule has 1 saturated carbocycles. The second-order valence-corrected chi connectivity index (χ2v) is 7.27. The molecule has 4 fully saturated rings. The molecule has 0 radical (unpaired) electrons. The summed E-state index contributed by atoms with van der Waals surface area (Å²) in [5.41, 5.74) is 0. The van der Waals surface area contributed by atoms with Gasteiger partial charge in [0.15, 0.2) is 5.79 Å². The summed E-state index contributed by atoms with van der Waals surface area (Å²) in [6.07, 6.45) is 10.1. The Bertz CT molecular complexity index is 334. The van der Waals surface area contributed by atoms with Gasteiger partial charge in [-0.05, 0) is 45.6 Å². The molecule has 3 aliphatic heterocycles. The van der Waals surface area contributed by atoms with E-state index in [9.17, 15) is 0 Å². The lowest BCUT2D eigenvalue weighted by Crippen LogP contribution is -2.52. The third kappa shape index (κ3) is 2.41. The van der Waals surface area contributed by atoms with Gasteiger partial charge in [-0.15, -0.1) is 0 Å². The largest absolute Gasteiger partial charge is 0.348 e. The summed E-state index contributed by atoms with van der Waals surface area (Å²) in [5, 5.41) is 3.75. The summed E-state index contributed by atoms with van der Waals surface area (Å²) in [4.78, 5) is 2.69. The molecule has 4 rings (SSSR count). The zero-order chi connectivity index (χ0) is 13.6. The topological polar surface area (TPSA) is 33.7 Å². The number of nitrogens with zero attached hydrogens (tertiary/aromatic N) is 1. The minimum Gasteiger partial charge on any atom is -0.348 e. The van der Waals surface area contributed by atoms with Crippen LogP contribution in [-0.4, -0.2) is 55.1 Å². The third-order valence-corrected chi connectivity index (χ3v) is 6.13. The summed E-state index contributed by atoms with van der Waals surface area (Å²) in [6.45, 7) is 1.58. The molecule has 2 bridgehead atoms. The smallest absolute Gasteiger partial charge is 0.168 e. The molecule has 4 nitrogen and oxygen atoms in total. The van der Waals surface area contributed by atoms with Gasteiger partial charge < -0.3 is 19.7 Å². The highest BCUT2D eigenvalue weighted by molar-refractivity contribution is 4.97. The van der Waals surface area contributed by atoms with Gasteiger partial charge in [-0.2, -0.15) is 0 Å². The summed E-state index contributed by atoms with van der Waals surface area (Å²) in [5.74, 6) is -0.204. The van der Waals surface area contributed by atoms with E-state index in [1.54, 1.807) is 0 Å². The van der Waals surface area contributed by atoms with E-state index in [1.807, 2.05) is 0 Å². The van der Waals surface area contributed by atoms with E-state index >= 15 is 0 Å². The number of hydrogen-bond acceptors (Lipinski definition) is 4. The Morgan fingerprint density at radius 3 is 2.10 bits per heavy atom. The van der Waals surface area contributed by atoms with E-state index in [2.05, 4.69) is 17.3 Å². The van der Waals surface area contributed by atoms with Gasteiger partial charge in [-0.25, -0.2) is 0 Å². The summed E-state index contributed by atoms with van der Waals surface area (Å²) in [7, 11) is 2.36. The first-order valence-electron chi connectivity index (χ1n) is 8.50. The van der Waals surface area contributed by atoms with E-state index in [4.69, 9.17) is 9.47 Å². The van der Waals surface area contributed by atoms with Gasteiger partial charge in [-0.1, -0.05) is 0 Å². The summed E-state index contributed by atoms with van der Waals surface area (Å²) < 4.78 is 11.7. The van der Waals surface area contributed by atoms with Gasteiger partial charge >= 0.3 is 0 Å². The van der Waals surface area contributed by atoms with Crippen molar-refractivity contribution in [2.24, 2.45) is 0 Å². The first kappa shape index (κ1) is 13.5. The Morgan fingerprint density at radius 2 is 1.50 bits per heavy atom. The summed E-state index contributed by atoms with van der Waals surface area (Å²) in [6, 6.07) is 3.10. The van der Waals surface area contributed by atoms with Crippen molar-refractivity contribution in [2.75, 3.05) is 20.3 Å². The van der Waals surface area contributed by atoms with Crippen LogP contribution in [0, 0.1) is 0 Å². The Kier molecular flexibility index (Phi) is 3.53. The van der Waals surface area contributed by atoms with Crippen LogP contribution in [0.5, 0.6) is 0 Å². The molecule has 0 amide bonds. The average molecular weight is 280 g/mol. The normalized spacial score (nSPS) is 40.8. The standard InChI is InChI=1S/C16H28N2O2/c1-18(15-10-12-2-3-13(11-15)17-12)14-4-6-16(7-5-14)19-8-9-20-16/h12-15,17H,2-11H2,1H3. The highest BCUT2D eigenvalue weighted by Crippen LogP contribution is 2.39. The first-order valence-corrected chi connectivity index (χ1v) is 8.50. The van der Waals surface area contributed by atoms with Crippen LogP contribution in [0.15, 0.2) is 0 Å². The van der Waals surface area contributed by atoms with Crippen LogP contribution in [0.1, 0.15) is 51.4 Å². The average Bonchev–Trinajstić information content (AvgIpc) is 3.06. The van der Waals surface area contributed by atoms with Crippen molar-refractivity contribution >= 4 is 0 Å². The molecule has 0 aromatic heterocycles. The predicted octanol–water partition coefficient (Wildman–Crippen LogP) is 1.89. The summed E-state index contributed by atoms with van der Waals surface area (Å²) >= 11 is 0. The number of ether oxygens (including phenoxy) is 2. The quantitative estimate of drug-likeness (QED) is 0.837. The molecule has 4 aliphatic rings. The lowest BCUT2D eigenvalue weighted by Gasteiger charge is -2.44. The minimum atomic E-state index is -0.204. The molecular formula is C16H28N2O2. The molecule has 1 spiro atoms. The highest BCUT2D eigenvalue weighted by atomic mass is 16.7. The maximum Gasteiger partial charge on any atom is 0.168 e. The Morgan fingerprint density at radius 1 is 0.900 bits per heavy atom. The zero-order valence-corrected chi connectivity index (χ0v) is 12.6. The first-order chi connectivity index (χ1) is 9.74. The molecule has 1 aliphatic carbocycles. The molecule has 1 N–H and O–H groups in total. The predicted molar refractivity (Wildman–Crippen MR) is 77.6 cm³/mol. The van der Waals surface area contributed by atoms with Gasteiger partial charge in [0.05, 0.1) is 13.2 Å². The Balaban J connectivity index is 1.34. The maximum absolute atomic E-state index is 5.85. The highest BCUT2D eigenvalue weighted by Gasteiger charge is 2.43. The van der Waals surface area contributed by atoms with Crippen molar-refractivity contribution in [2.45, 2.75) is 81.3 Å². The van der Waals surface area contributed by atoms with E-state index in [0.29, 0.717) is 0 Å². The van der Waals surface area contributed by atoms with Crippen molar-refractivity contribution < 1.29 is 9.47 Å². The van der Waals surface area contributed by atoms with E-state index in [-0.39, 0.29) is 5.79 Å². The monoisotopic (exact) mass is 280 g/mol. The van der Waals surface area contributed by atoms with Crippen LogP contribution in [-0.2, 0) is 9.47 Å². The van der Waals surface area contributed by atoms with E-state index in [1.165, 1.54) is 38.5 Å². The number of fused-ring (bicyclic) bond motifs is 2. The van der Waals surface area contributed by atoms with Crippen molar-refractivity contribution in [3.8, 4) is 0 Å². The number of rotatable bonds is 2. The van der Waals surface area contributed by atoms with Crippen molar-refractivity contribution in [3.05, 3.63) is 0 Å². The fraction of sp³-hybridized carbons (Fsp3) is 1.00. The number of piperidine rings is 1. The van der Waals surface area contributed by atoms with Crippen LogP contribution in [0.25, 0.3) is 0 Å². The van der Waals surface area contributed by atoms with Crippen molar-refractivity contribution in [1.29, 1.82) is 0 Å². The molecular weight excluding hydrogens is 252 g/mol. The molecule has 3 heterocycles. The molecule has 20 heavy (non-hydrogen) atoms. The van der Waals surface area contributed by atoms with Gasteiger partial charge in [0, 0.05) is 37.0 Å². The number of hydrogen-bond donors (Lipinski definition) is 1. The lowest BCUT2D eigenvalue weighted by molar-refractivity contribution is -0.184. The van der Waals surface area contributed by atoms with Gasteiger partial charge in [0.25, 0.3) is 0 Å². The van der Waals surface area contributed by atoms with Crippen molar-refractivity contribution in [3.63, 3.8) is 0 Å². The van der Waals surface area contributed by atoms with E-state index in [0.717, 1.165) is 50.2 Å². The van der Waals surface area contributed by atoms with Crippen LogP contribution < -0.4 is 5.32 Å². The van der Waals surface area contributed by atoms with Gasteiger partial charge in [0.1, 0.15) is 0 Å². The fourth-order valence-corrected chi connectivity index (χ4v) is 4.89. The molecule has 2 atom stereocenters. The van der Waals surface area contributed by atoms with Crippen LogP contribution in [0.4, 0.5) is 0 Å². The van der Waals surface area contributed by atoms with Crippen molar-refractivity contribution in [1.82, 2.24) is 10.2 Å². The fourth-order valence-electron chi connectivity index (χ4n) is 4.89. The van der Waals surface area contributed by atoms with Crippen LogP contribution in [0.2, 0.25) is 0 Å². The third-order valence-electron chi connectivity index (χ3n) is 6.13. The van der Waals surface area contributed by atoms with Crippen LogP contribution >= 0.6 is 0 Å². The molecule has 3 saturated heterocycles. The zero-order valence-electron chi connectivity index (χ0n) is 12.6. The minimum absolute atomic E-state index is 0.204. The molecule has 0 aromatic carbocycles. The van der Waals surface area contributed by atoms with E-state index < -0.39 is 0 Å². The van der Waals surface area contributed by atoms with Gasteiger partial charge in [-0.3, -0.25) is 0 Å². The molecule has 0 aromatic rings. The van der Waals surface area contributed by atoms with Gasteiger partial charge in [0.2, 0.25) is 0 Å². The van der Waals surface area contributed by atoms with Crippen LogP contribution in [0.3, 0.4) is 0 Å². The molecule has 4 heteroatoms. The number of nitrogens with one attached hydrogen (secondary N) is 1. The second kappa shape index (κ2) is 5.24. The maximum atomic E-state index is 5.85. The SMILES string of the molecule is CN(C1CCC2(CC1)OCCO2)C1CC2CCC(C1)N2. The Hall–Kier alpha value is -0.160. The molecule has 2 unspecified atom stereocenters. The second-order valence-electron chi connectivity index (χ2n) is 7.27.